The molecule has 0 aliphatic carbocycles. The Hall–Kier alpha value is -5.35. The predicted octanol–water partition coefficient (Wildman–Crippen LogP) is 6.25. The van der Waals surface area contributed by atoms with Gasteiger partial charge in [0.2, 0.25) is 0 Å². The lowest BCUT2D eigenvalue weighted by Crippen LogP contribution is -2.74. The van der Waals surface area contributed by atoms with E-state index in [-0.39, 0.29) is 0 Å². The molecule has 6 rings (SSSR count). The molecule has 0 fully saturated rings. The Morgan fingerprint density at radius 3 is 1.27 bits per heavy atom. The fraction of sp³-hybridized carbons (Fsp3) is 0.0976. The number of methoxy groups -OCH3 is 2. The highest BCUT2D eigenvalue weighted by molar-refractivity contribution is 7.19. The van der Waals surface area contributed by atoms with Gasteiger partial charge >= 0.3 is 0 Å². The van der Waals surface area contributed by atoms with Gasteiger partial charge in [-0.1, -0.05) is 140 Å². The van der Waals surface area contributed by atoms with Gasteiger partial charge in [0.15, 0.2) is 23.9 Å². The highest BCUT2D eigenvalue weighted by Gasteiger charge is 2.31. The van der Waals surface area contributed by atoms with Gasteiger partial charge < -0.3 is 9.47 Å². The summed E-state index contributed by atoms with van der Waals surface area (Å²) in [6, 6.07) is 53.6. The molecular weight excluding hydrogens is 549 g/mol. The molecule has 0 bridgehead atoms. The second-order valence-electron chi connectivity index (χ2n) is 10.9. The van der Waals surface area contributed by atoms with Crippen molar-refractivity contribution in [2.24, 2.45) is 0 Å². The van der Waals surface area contributed by atoms with Gasteiger partial charge in [-0.25, -0.2) is 4.57 Å². The van der Waals surface area contributed by atoms with Gasteiger partial charge in [-0.2, -0.15) is 21.9 Å². The van der Waals surface area contributed by atoms with Crippen molar-refractivity contribution in [3.63, 3.8) is 0 Å². The van der Waals surface area contributed by atoms with Gasteiger partial charge in [0, 0.05) is 12.1 Å². The zero-order valence-corrected chi connectivity index (χ0v) is 26.3. The maximum absolute atomic E-state index is 5.30. The van der Waals surface area contributed by atoms with Gasteiger partial charge in [0.05, 0.1) is 14.2 Å². The Balaban J connectivity index is 0.000000183. The predicted molar refractivity (Wildman–Crippen MR) is 191 cm³/mol. The molecule has 0 unspecified atom stereocenters. The molecule has 0 saturated heterocycles. The molecule has 4 heteroatoms. The first kappa shape index (κ1) is 31.1. The van der Waals surface area contributed by atoms with Gasteiger partial charge in [-0.3, -0.25) is 0 Å². The van der Waals surface area contributed by atoms with Crippen LogP contribution in [0.25, 0.3) is 12.2 Å². The smallest absolute Gasteiger partial charge is 0.169 e. The van der Waals surface area contributed by atoms with Crippen molar-refractivity contribution < 1.29 is 14.0 Å². The fourth-order valence-electron chi connectivity index (χ4n) is 6.06. The van der Waals surface area contributed by atoms with Crippen LogP contribution in [0.1, 0.15) is 18.1 Å². The molecule has 0 saturated carbocycles. The Labute approximate surface area is 268 Å². The summed E-state index contributed by atoms with van der Waals surface area (Å²) in [5, 5.41) is 0. The Morgan fingerprint density at radius 1 is 0.489 bits per heavy atom. The number of pyridine rings is 1. The fourth-order valence-corrected chi connectivity index (χ4v) is 6.06. The van der Waals surface area contributed by atoms with Crippen molar-refractivity contribution >= 4 is 40.1 Å². The summed E-state index contributed by atoms with van der Waals surface area (Å²) in [6.07, 6.45) is 7.09. The van der Waals surface area contributed by atoms with E-state index in [1.54, 1.807) is 14.2 Å². The van der Waals surface area contributed by atoms with Gasteiger partial charge in [-0.05, 0) is 30.2 Å². The minimum absolute atomic E-state index is 0.742. The quantitative estimate of drug-likeness (QED) is 0.147. The average molecular weight is 590 g/mol. The molecule has 224 valence electrons. The largest absolute Gasteiger partial charge is 0.493 e. The molecule has 45 heavy (non-hydrogen) atoms. The van der Waals surface area contributed by atoms with Crippen LogP contribution in [-0.2, 0) is 6.54 Å². The van der Waals surface area contributed by atoms with E-state index in [0.717, 1.165) is 23.6 Å². The van der Waals surface area contributed by atoms with E-state index >= 15 is 0 Å². The van der Waals surface area contributed by atoms with Crippen molar-refractivity contribution in [2.45, 2.75) is 13.5 Å². The van der Waals surface area contributed by atoms with Gasteiger partial charge in [0.25, 0.3) is 0 Å². The summed E-state index contributed by atoms with van der Waals surface area (Å²) in [5.74, 6) is 1.49. The van der Waals surface area contributed by atoms with Crippen LogP contribution in [0.3, 0.4) is 0 Å². The molecule has 3 nitrogen and oxygen atoms in total. The molecule has 5 aromatic carbocycles. The van der Waals surface area contributed by atoms with E-state index in [1.807, 2.05) is 18.2 Å². The van der Waals surface area contributed by atoms with Gasteiger partial charge in [0.1, 0.15) is 12.7 Å². The zero-order chi connectivity index (χ0) is 31.3. The summed E-state index contributed by atoms with van der Waals surface area (Å²) in [7, 11) is 3.28. The number of hydrogen-bond donors (Lipinski definition) is 0. The Kier molecular flexibility index (Phi) is 10.6. The monoisotopic (exact) mass is 589 g/mol. The van der Waals surface area contributed by atoms with E-state index in [1.165, 1.54) is 27.4 Å². The van der Waals surface area contributed by atoms with Crippen LogP contribution in [0.2, 0.25) is 0 Å². The lowest BCUT2D eigenvalue weighted by atomic mass is 9.13. The number of aryl methyl sites for hydroxylation is 1. The summed E-state index contributed by atoms with van der Waals surface area (Å²) in [6.45, 7) is 3.11. The molecule has 1 heterocycles. The van der Waals surface area contributed by atoms with E-state index in [4.69, 9.17) is 9.47 Å². The van der Waals surface area contributed by atoms with Crippen LogP contribution < -0.4 is 35.9 Å². The minimum Gasteiger partial charge on any atom is -0.493 e. The van der Waals surface area contributed by atoms with Crippen molar-refractivity contribution in [1.82, 2.24) is 0 Å². The maximum Gasteiger partial charge on any atom is 0.169 e. The first-order valence-electron chi connectivity index (χ1n) is 15.5. The molecule has 0 spiro atoms. The molecule has 1 aromatic heterocycles. The van der Waals surface area contributed by atoms with Crippen molar-refractivity contribution in [1.29, 1.82) is 0 Å². The number of hydrogen-bond acceptors (Lipinski definition) is 2. The zero-order valence-electron chi connectivity index (χ0n) is 26.3. The average Bonchev–Trinajstić information content (AvgIpc) is 3.13. The maximum atomic E-state index is 5.30. The van der Waals surface area contributed by atoms with E-state index in [0.29, 0.717) is 0 Å². The van der Waals surface area contributed by atoms with Crippen LogP contribution in [0.5, 0.6) is 11.5 Å². The summed E-state index contributed by atoms with van der Waals surface area (Å²) in [5.41, 5.74) is 7.61. The number of aromatic nitrogens is 1. The third kappa shape index (κ3) is 7.25. The van der Waals surface area contributed by atoms with Crippen molar-refractivity contribution in [3.8, 4) is 11.5 Å². The van der Waals surface area contributed by atoms with Crippen LogP contribution in [0, 0.1) is 0 Å². The first-order chi connectivity index (χ1) is 22.2. The van der Waals surface area contributed by atoms with Crippen LogP contribution in [-0.4, -0.2) is 20.4 Å². The first-order valence-corrected chi connectivity index (χ1v) is 15.5. The number of nitrogens with zero attached hydrogens (tertiary/aromatic N) is 1. The topological polar surface area (TPSA) is 22.3 Å². The minimum atomic E-state index is -1.22. The Bertz CT molecular complexity index is 1610. The van der Waals surface area contributed by atoms with Crippen molar-refractivity contribution in [2.75, 3.05) is 14.2 Å². The number of rotatable bonds is 9. The summed E-state index contributed by atoms with van der Waals surface area (Å²) >= 11 is 0. The third-order valence-electron chi connectivity index (χ3n) is 8.36. The van der Waals surface area contributed by atoms with E-state index < -0.39 is 6.15 Å². The van der Waals surface area contributed by atoms with E-state index in [9.17, 15) is 0 Å². The van der Waals surface area contributed by atoms with Crippen LogP contribution >= 0.6 is 0 Å². The second-order valence-corrected chi connectivity index (χ2v) is 10.9. The highest BCUT2D eigenvalue weighted by atomic mass is 16.5. The number of benzene rings is 5. The molecule has 0 atom stereocenters. The normalized spacial score (nSPS) is 11.0. The molecule has 0 N–H and O–H groups in total. The van der Waals surface area contributed by atoms with Crippen molar-refractivity contribution in [3.05, 3.63) is 175 Å². The third-order valence-corrected chi connectivity index (χ3v) is 8.36. The lowest BCUT2D eigenvalue weighted by Gasteiger charge is -2.44. The molecule has 0 aliphatic heterocycles. The standard InChI is InChI=1S/C24H20B.C17H20NO2/c1-5-13-21(14-6-1)25(22-15-7-2-8-16-22,23-17-9-3-10-18-23)24-19-11-4-12-20-24;1-4-18-11-9-14(10-12-18)5-6-15-7-8-16(19-2)17(13-15)20-3/h1-20H;5-13H,4H2,1-3H3/q-1;+1/b;6-5+. The van der Waals surface area contributed by atoms with Crippen LogP contribution in [0.15, 0.2) is 164 Å². The molecule has 0 radical (unpaired) electrons. The molecule has 0 amide bonds. The molecule has 6 aromatic rings. The SMILES string of the molecule is CC[n+]1ccc(/C=C/c2ccc(OC)c(OC)c2)cc1.c1ccc([B-](c2ccccc2)(c2ccccc2)c2ccccc2)cc1. The molecule has 0 aliphatic rings. The van der Waals surface area contributed by atoms with E-state index in [2.05, 4.69) is 169 Å². The number of ether oxygens (including phenoxy) is 2. The Morgan fingerprint density at radius 2 is 0.889 bits per heavy atom. The second kappa shape index (κ2) is 15.4. The molecular formula is C41H40BNO2. The lowest BCUT2D eigenvalue weighted by molar-refractivity contribution is -0.693. The summed E-state index contributed by atoms with van der Waals surface area (Å²) < 4.78 is 12.7. The van der Waals surface area contributed by atoms with Gasteiger partial charge in [-0.15, -0.1) is 0 Å². The summed E-state index contributed by atoms with van der Waals surface area (Å²) in [4.78, 5) is 0. The highest BCUT2D eigenvalue weighted by Crippen LogP contribution is 2.28. The van der Waals surface area contributed by atoms with Crippen LogP contribution in [0.4, 0.5) is 0 Å².